The molecule has 192 valence electrons. The highest BCUT2D eigenvalue weighted by Crippen LogP contribution is 2.23. The third kappa shape index (κ3) is 7.88. The van der Waals surface area contributed by atoms with Crippen molar-refractivity contribution < 1.29 is 23.1 Å². The van der Waals surface area contributed by atoms with Gasteiger partial charge in [-0.3, -0.25) is 15.0 Å². The lowest BCUT2D eigenvalue weighted by molar-refractivity contribution is -0.143. The number of amides is 2. The zero-order valence-corrected chi connectivity index (χ0v) is 21.8. The van der Waals surface area contributed by atoms with Gasteiger partial charge in [-0.05, 0) is 51.0 Å². The van der Waals surface area contributed by atoms with Crippen molar-refractivity contribution in [1.29, 1.82) is 0 Å². The standard InChI is InChI=1S/C26H37N3O5S/c1-5-7-18-26(32,19-8-6-2)25(31)27-29(22-12-10-9-11-13-22)24(30)21(4)28-35(33,34)23-16-14-20(3)15-17-23/h9-17,21,28,32H,5-8,18-19H2,1-4H3,(H,27,31). The molecule has 0 aliphatic carbocycles. The van der Waals surface area contributed by atoms with Gasteiger partial charge in [0, 0.05) is 0 Å². The van der Waals surface area contributed by atoms with Crippen LogP contribution in [-0.2, 0) is 19.6 Å². The van der Waals surface area contributed by atoms with Gasteiger partial charge in [0.25, 0.3) is 11.8 Å². The summed E-state index contributed by atoms with van der Waals surface area (Å²) in [7, 11) is -3.98. The number of unbranched alkanes of at least 4 members (excludes halogenated alkanes) is 2. The van der Waals surface area contributed by atoms with Crippen LogP contribution in [0, 0.1) is 6.92 Å². The maximum atomic E-state index is 13.4. The minimum Gasteiger partial charge on any atom is -0.380 e. The van der Waals surface area contributed by atoms with Crippen molar-refractivity contribution in [3.63, 3.8) is 0 Å². The Bertz CT molecular complexity index is 1060. The minimum absolute atomic E-state index is 0.0338. The van der Waals surface area contributed by atoms with Gasteiger partial charge >= 0.3 is 0 Å². The molecule has 0 spiro atoms. The number of hydrogen-bond acceptors (Lipinski definition) is 5. The summed E-state index contributed by atoms with van der Waals surface area (Å²) in [5.41, 5.74) is 2.19. The Morgan fingerprint density at radius 1 is 0.971 bits per heavy atom. The van der Waals surface area contributed by atoms with Crippen LogP contribution in [-0.4, -0.2) is 37.0 Å². The van der Waals surface area contributed by atoms with E-state index in [0.29, 0.717) is 18.5 Å². The van der Waals surface area contributed by atoms with Gasteiger partial charge in [-0.25, -0.2) is 13.4 Å². The van der Waals surface area contributed by atoms with Crippen LogP contribution in [0.25, 0.3) is 0 Å². The molecule has 0 fully saturated rings. The number of aryl methyl sites for hydroxylation is 1. The van der Waals surface area contributed by atoms with Gasteiger partial charge in [0.15, 0.2) is 0 Å². The van der Waals surface area contributed by atoms with Crippen LogP contribution in [0.4, 0.5) is 5.69 Å². The molecule has 2 aromatic rings. The molecular formula is C26H37N3O5S. The summed E-state index contributed by atoms with van der Waals surface area (Å²) in [5, 5.41) is 12.2. The van der Waals surface area contributed by atoms with Crippen LogP contribution < -0.4 is 15.2 Å². The lowest BCUT2D eigenvalue weighted by atomic mass is 9.90. The number of hydrazine groups is 1. The van der Waals surface area contributed by atoms with E-state index in [-0.39, 0.29) is 17.7 Å². The lowest BCUT2D eigenvalue weighted by Gasteiger charge is -2.32. The van der Waals surface area contributed by atoms with Crippen LogP contribution >= 0.6 is 0 Å². The number of anilines is 1. The predicted octanol–water partition coefficient (Wildman–Crippen LogP) is 3.84. The monoisotopic (exact) mass is 503 g/mol. The van der Waals surface area contributed by atoms with Crippen molar-refractivity contribution in [3.8, 4) is 0 Å². The molecule has 35 heavy (non-hydrogen) atoms. The zero-order chi connectivity index (χ0) is 26.1. The van der Waals surface area contributed by atoms with Crippen LogP contribution in [0.5, 0.6) is 0 Å². The second-order valence-electron chi connectivity index (χ2n) is 8.84. The van der Waals surface area contributed by atoms with Gasteiger partial charge < -0.3 is 5.11 Å². The van der Waals surface area contributed by atoms with Crippen molar-refractivity contribution in [1.82, 2.24) is 10.1 Å². The summed E-state index contributed by atoms with van der Waals surface area (Å²) in [6.07, 6.45) is 3.45. The third-order valence-electron chi connectivity index (χ3n) is 5.79. The Balaban J connectivity index is 2.30. The fourth-order valence-corrected chi connectivity index (χ4v) is 4.78. The fraction of sp³-hybridized carbons (Fsp3) is 0.462. The van der Waals surface area contributed by atoms with Crippen molar-refractivity contribution in [3.05, 3.63) is 60.2 Å². The highest BCUT2D eigenvalue weighted by Gasteiger charge is 2.37. The Hall–Kier alpha value is -2.75. The summed E-state index contributed by atoms with van der Waals surface area (Å²) in [4.78, 5) is 26.7. The van der Waals surface area contributed by atoms with E-state index in [1.54, 1.807) is 42.5 Å². The number of carbonyl (C=O) groups is 2. The first-order chi connectivity index (χ1) is 16.5. The average Bonchev–Trinajstić information content (AvgIpc) is 2.84. The molecular weight excluding hydrogens is 466 g/mol. The normalized spacial score (nSPS) is 12.7. The molecule has 2 rings (SSSR count). The maximum Gasteiger partial charge on any atom is 0.270 e. The van der Waals surface area contributed by atoms with E-state index in [4.69, 9.17) is 0 Å². The second kappa shape index (κ2) is 12.8. The van der Waals surface area contributed by atoms with Gasteiger partial charge in [0.05, 0.1) is 10.6 Å². The van der Waals surface area contributed by atoms with Crippen LogP contribution in [0.3, 0.4) is 0 Å². The number of benzene rings is 2. The van der Waals surface area contributed by atoms with Gasteiger partial charge in [-0.15, -0.1) is 0 Å². The highest BCUT2D eigenvalue weighted by atomic mass is 32.2. The lowest BCUT2D eigenvalue weighted by Crippen LogP contribution is -2.59. The van der Waals surface area contributed by atoms with E-state index in [1.807, 2.05) is 20.8 Å². The molecule has 0 aromatic heterocycles. The molecule has 0 bridgehead atoms. The molecule has 9 heteroatoms. The number of nitrogens with zero attached hydrogens (tertiary/aromatic N) is 1. The van der Waals surface area contributed by atoms with E-state index in [9.17, 15) is 23.1 Å². The SMILES string of the molecule is CCCCC(O)(CCCC)C(=O)NN(C(=O)C(C)NS(=O)(=O)c1ccc(C)cc1)c1ccccc1. The number of hydrogen-bond donors (Lipinski definition) is 3. The third-order valence-corrected chi connectivity index (χ3v) is 7.35. The van der Waals surface area contributed by atoms with E-state index in [2.05, 4.69) is 10.1 Å². The second-order valence-corrected chi connectivity index (χ2v) is 10.6. The Kier molecular flexibility index (Phi) is 10.4. The summed E-state index contributed by atoms with van der Waals surface area (Å²) >= 11 is 0. The number of carbonyl (C=O) groups excluding carboxylic acids is 2. The van der Waals surface area contributed by atoms with E-state index < -0.39 is 33.5 Å². The summed E-state index contributed by atoms with van der Waals surface area (Å²) in [5.74, 6) is -1.38. The molecule has 0 radical (unpaired) electrons. The maximum absolute atomic E-state index is 13.4. The van der Waals surface area contributed by atoms with Crippen molar-refractivity contribution in [2.45, 2.75) is 82.8 Å². The van der Waals surface area contributed by atoms with Crippen LogP contribution in [0.15, 0.2) is 59.5 Å². The molecule has 2 aromatic carbocycles. The van der Waals surface area contributed by atoms with Crippen molar-refractivity contribution >= 4 is 27.5 Å². The first-order valence-corrected chi connectivity index (χ1v) is 13.5. The molecule has 0 heterocycles. The summed E-state index contributed by atoms with van der Waals surface area (Å²) < 4.78 is 28.0. The topological polar surface area (TPSA) is 116 Å². The van der Waals surface area contributed by atoms with Crippen molar-refractivity contribution in [2.75, 3.05) is 5.01 Å². The highest BCUT2D eigenvalue weighted by molar-refractivity contribution is 7.89. The molecule has 8 nitrogen and oxygen atoms in total. The Morgan fingerprint density at radius 3 is 2.03 bits per heavy atom. The molecule has 1 unspecified atom stereocenters. The molecule has 0 aliphatic rings. The Labute approximate surface area is 208 Å². The van der Waals surface area contributed by atoms with Crippen LogP contribution in [0.1, 0.15) is 64.9 Å². The Morgan fingerprint density at radius 2 is 1.51 bits per heavy atom. The molecule has 0 saturated carbocycles. The first-order valence-electron chi connectivity index (χ1n) is 12.1. The number of para-hydroxylation sites is 1. The van der Waals surface area contributed by atoms with Crippen LogP contribution in [0.2, 0.25) is 0 Å². The van der Waals surface area contributed by atoms with E-state index in [0.717, 1.165) is 23.4 Å². The van der Waals surface area contributed by atoms with Crippen molar-refractivity contribution in [2.24, 2.45) is 0 Å². The van der Waals surface area contributed by atoms with E-state index >= 15 is 0 Å². The molecule has 3 N–H and O–H groups in total. The minimum atomic E-state index is -3.98. The van der Waals surface area contributed by atoms with Gasteiger partial charge in [-0.1, -0.05) is 75.4 Å². The summed E-state index contributed by atoms with van der Waals surface area (Å²) in [6.45, 7) is 7.20. The molecule has 0 saturated heterocycles. The number of aliphatic hydroxyl groups is 1. The number of rotatable bonds is 12. The quantitative estimate of drug-likeness (QED) is 0.381. The predicted molar refractivity (Wildman–Crippen MR) is 137 cm³/mol. The largest absolute Gasteiger partial charge is 0.380 e. The number of sulfonamides is 1. The summed E-state index contributed by atoms with van der Waals surface area (Å²) in [6, 6.07) is 13.5. The van der Waals surface area contributed by atoms with Gasteiger partial charge in [-0.2, -0.15) is 4.72 Å². The average molecular weight is 504 g/mol. The molecule has 2 amide bonds. The fourth-order valence-electron chi connectivity index (χ4n) is 3.58. The van der Waals surface area contributed by atoms with E-state index in [1.165, 1.54) is 19.1 Å². The number of nitrogens with one attached hydrogen (secondary N) is 2. The smallest absolute Gasteiger partial charge is 0.270 e. The molecule has 0 aliphatic heterocycles. The molecule has 1 atom stereocenters. The first kappa shape index (κ1) is 28.5. The zero-order valence-electron chi connectivity index (χ0n) is 21.0. The van der Waals surface area contributed by atoms with Gasteiger partial charge in [0.1, 0.15) is 11.6 Å². The van der Waals surface area contributed by atoms with Gasteiger partial charge in [0.2, 0.25) is 10.0 Å².